The van der Waals surface area contributed by atoms with Gasteiger partial charge in [0.25, 0.3) is 0 Å². The summed E-state index contributed by atoms with van der Waals surface area (Å²) < 4.78 is 8.35. The summed E-state index contributed by atoms with van der Waals surface area (Å²) in [6.45, 7) is 0. The third kappa shape index (κ3) is 4.69. The van der Waals surface area contributed by atoms with Crippen LogP contribution in [0.1, 0.15) is 0 Å². The van der Waals surface area contributed by atoms with Gasteiger partial charge in [0, 0.05) is 0 Å². The molecule has 1 atom stereocenters. The highest BCUT2D eigenvalue weighted by atomic mass is 31.2. The molecule has 0 fully saturated rings. The Kier molecular flexibility index (Phi) is 5.48. The molecule has 0 saturated carbocycles. The lowest BCUT2D eigenvalue weighted by Gasteiger charge is -2.08. The van der Waals surface area contributed by atoms with Crippen molar-refractivity contribution in [1.82, 2.24) is 0 Å². The van der Waals surface area contributed by atoms with Gasteiger partial charge in [-0.1, -0.05) is 18.2 Å². The molecular formula is C9H9NO7P2. The summed E-state index contributed by atoms with van der Waals surface area (Å²) in [6.07, 6.45) is 0. The molecule has 19 heavy (non-hydrogen) atoms. The zero-order chi connectivity index (χ0) is 14.4. The van der Waals surface area contributed by atoms with Crippen LogP contribution in [0.2, 0.25) is 0 Å². The summed E-state index contributed by atoms with van der Waals surface area (Å²) in [5.74, 6) is 0.188. The lowest BCUT2D eigenvalue weighted by atomic mass is 10.3. The Morgan fingerprint density at radius 1 is 1.05 bits per heavy atom. The highest BCUT2D eigenvalue weighted by Gasteiger charge is 2.28. The number of carboxylic acid groups (broad SMARTS) is 3. The Morgan fingerprint density at radius 3 is 2.00 bits per heavy atom. The number of rotatable bonds is 6. The Bertz CT molecular complexity index is 517. The molecule has 0 aliphatic carbocycles. The van der Waals surface area contributed by atoms with Gasteiger partial charge in [-0.05, 0) is 12.1 Å². The minimum absolute atomic E-state index is 0.188. The van der Waals surface area contributed by atoms with Crippen molar-refractivity contribution in [3.05, 3.63) is 30.3 Å². The van der Waals surface area contributed by atoms with Crippen molar-refractivity contribution in [3.63, 3.8) is 0 Å². The molecular weight excluding hydrogens is 296 g/mol. The van der Waals surface area contributed by atoms with Crippen molar-refractivity contribution in [2.45, 2.75) is 0 Å². The summed E-state index contributed by atoms with van der Waals surface area (Å²) >= 11 is 0. The van der Waals surface area contributed by atoms with Gasteiger partial charge < -0.3 is 19.8 Å². The lowest BCUT2D eigenvalue weighted by molar-refractivity contribution is 0.214. The van der Waals surface area contributed by atoms with E-state index < -0.39 is 33.1 Å². The van der Waals surface area contributed by atoms with Gasteiger partial charge in [-0.15, -0.1) is 0 Å². The smallest absolute Gasteiger partial charge is 0.376 e. The summed E-state index contributed by atoms with van der Waals surface area (Å²) in [7, 11) is -5.84. The van der Waals surface area contributed by atoms with E-state index in [1.54, 1.807) is 18.2 Å². The molecule has 0 heterocycles. The van der Waals surface area contributed by atoms with E-state index >= 15 is 0 Å². The standard InChI is InChI=1S/C9H9NO7P2/c11-7(12)18(8(13)14)10-19(9(15)16)17-6-4-2-1-3-5-6/h1-5,19H,(H,11,12)(H,13,14)(H,15,16). The molecule has 102 valence electrons. The van der Waals surface area contributed by atoms with Crippen LogP contribution in [0.25, 0.3) is 0 Å². The fraction of sp³-hybridized carbons (Fsp3) is 0. The zero-order valence-corrected chi connectivity index (χ0v) is 11.2. The van der Waals surface area contributed by atoms with Crippen molar-refractivity contribution < 1.29 is 34.2 Å². The molecule has 1 aromatic rings. The van der Waals surface area contributed by atoms with Crippen LogP contribution in [-0.4, -0.2) is 32.5 Å². The molecule has 0 aromatic heterocycles. The van der Waals surface area contributed by atoms with Crippen molar-refractivity contribution in [2.75, 3.05) is 0 Å². The van der Waals surface area contributed by atoms with Crippen LogP contribution in [0.3, 0.4) is 0 Å². The summed E-state index contributed by atoms with van der Waals surface area (Å²) in [6, 6.07) is 7.79. The number of hydrogen-bond donors (Lipinski definition) is 3. The maximum Gasteiger partial charge on any atom is 0.376 e. The molecule has 0 saturated heterocycles. The molecule has 10 heteroatoms. The van der Waals surface area contributed by atoms with Gasteiger partial charge in [-0.25, -0.2) is 18.9 Å². The number of benzene rings is 1. The fourth-order valence-electron chi connectivity index (χ4n) is 0.965. The quantitative estimate of drug-likeness (QED) is 0.680. The molecule has 0 bridgehead atoms. The Labute approximate surface area is 109 Å². The molecule has 0 aliphatic rings. The summed E-state index contributed by atoms with van der Waals surface area (Å²) in [5.41, 5.74) is -4.82. The SMILES string of the molecule is O=C(O)P(/N=[PH](\Oc1ccccc1)C(=O)O)C(=O)O. The first-order valence-electron chi connectivity index (χ1n) is 4.72. The van der Waals surface area contributed by atoms with E-state index in [4.69, 9.17) is 19.8 Å². The van der Waals surface area contributed by atoms with Crippen LogP contribution < -0.4 is 4.52 Å². The van der Waals surface area contributed by atoms with E-state index in [9.17, 15) is 14.4 Å². The van der Waals surface area contributed by atoms with E-state index in [0.29, 0.717) is 0 Å². The monoisotopic (exact) mass is 305 g/mol. The van der Waals surface area contributed by atoms with Crippen molar-refractivity contribution in [3.8, 4) is 5.75 Å². The van der Waals surface area contributed by atoms with Crippen LogP contribution in [0.15, 0.2) is 34.8 Å². The molecule has 3 N–H and O–H groups in total. The molecule has 0 aliphatic heterocycles. The van der Waals surface area contributed by atoms with Gasteiger partial charge in [0.2, 0.25) is 16.0 Å². The van der Waals surface area contributed by atoms with Gasteiger partial charge in [0.05, 0.1) is 0 Å². The highest BCUT2D eigenvalue weighted by molar-refractivity contribution is 7.90. The molecule has 1 unspecified atom stereocenters. The van der Waals surface area contributed by atoms with E-state index in [0.717, 1.165) is 0 Å². The highest BCUT2D eigenvalue weighted by Crippen LogP contribution is 2.47. The second kappa shape index (κ2) is 6.87. The number of para-hydroxylation sites is 1. The van der Waals surface area contributed by atoms with Gasteiger partial charge in [0.1, 0.15) is 5.75 Å². The molecule has 1 rings (SSSR count). The number of hydrogen-bond acceptors (Lipinski definition) is 5. The third-order valence-electron chi connectivity index (χ3n) is 1.69. The predicted molar refractivity (Wildman–Crippen MR) is 68.8 cm³/mol. The van der Waals surface area contributed by atoms with Crippen molar-refractivity contribution >= 4 is 33.1 Å². The number of nitrogens with zero attached hydrogens (tertiary/aromatic N) is 1. The van der Waals surface area contributed by atoms with Gasteiger partial charge in [-0.2, -0.15) is 0 Å². The topological polar surface area (TPSA) is 133 Å². The zero-order valence-electron chi connectivity index (χ0n) is 9.26. The molecule has 1 aromatic carbocycles. The van der Waals surface area contributed by atoms with Gasteiger partial charge in [-0.3, -0.25) is 0 Å². The van der Waals surface area contributed by atoms with E-state index in [-0.39, 0.29) is 5.75 Å². The minimum atomic E-state index is -2.99. The van der Waals surface area contributed by atoms with Crippen LogP contribution in [-0.2, 0) is 0 Å². The van der Waals surface area contributed by atoms with E-state index in [2.05, 4.69) is 4.52 Å². The van der Waals surface area contributed by atoms with Crippen LogP contribution in [0.5, 0.6) is 5.75 Å². The van der Waals surface area contributed by atoms with Crippen LogP contribution in [0, 0.1) is 0 Å². The Balaban J connectivity index is 3.03. The second-order valence-electron chi connectivity index (χ2n) is 3.00. The van der Waals surface area contributed by atoms with Crippen molar-refractivity contribution in [2.24, 2.45) is 4.52 Å². The molecule has 0 amide bonds. The van der Waals surface area contributed by atoms with Crippen LogP contribution in [0.4, 0.5) is 14.4 Å². The molecule has 8 nitrogen and oxygen atoms in total. The van der Waals surface area contributed by atoms with Gasteiger partial charge >= 0.3 is 17.1 Å². The normalized spacial score (nSPS) is 12.1. The van der Waals surface area contributed by atoms with E-state index in [1.165, 1.54) is 12.1 Å². The number of carbonyl (C=O) groups is 3. The summed E-state index contributed by atoms with van der Waals surface area (Å²) in [4.78, 5) is 32.3. The average Bonchev–Trinajstić information content (AvgIpc) is 2.34. The first-order valence-corrected chi connectivity index (χ1v) is 7.37. The Hall–Kier alpha value is -1.91. The average molecular weight is 305 g/mol. The summed E-state index contributed by atoms with van der Waals surface area (Å²) in [5, 5.41) is 26.2. The van der Waals surface area contributed by atoms with Gasteiger partial charge in [0.15, 0.2) is 0 Å². The first kappa shape index (κ1) is 15.1. The largest absolute Gasteiger partial charge is 0.476 e. The lowest BCUT2D eigenvalue weighted by Crippen LogP contribution is -1.99. The predicted octanol–water partition coefficient (Wildman–Crippen LogP) is 3.81. The molecule has 0 spiro atoms. The molecule has 0 radical (unpaired) electrons. The maximum atomic E-state index is 10.9. The third-order valence-corrected chi connectivity index (χ3v) is 4.74. The minimum Gasteiger partial charge on any atom is -0.476 e. The van der Waals surface area contributed by atoms with Crippen LogP contribution >= 0.6 is 16.0 Å². The first-order chi connectivity index (χ1) is 8.91. The maximum absolute atomic E-state index is 10.9. The van der Waals surface area contributed by atoms with E-state index in [1.807, 2.05) is 0 Å². The fourth-order valence-corrected chi connectivity index (χ4v) is 3.49. The van der Waals surface area contributed by atoms with Crippen molar-refractivity contribution in [1.29, 1.82) is 0 Å². The second-order valence-corrected chi connectivity index (χ2v) is 6.43. The Morgan fingerprint density at radius 2 is 1.58 bits per heavy atom.